The van der Waals surface area contributed by atoms with E-state index in [0.29, 0.717) is 22.6 Å². The minimum absolute atomic E-state index is 0.0555. The predicted molar refractivity (Wildman–Crippen MR) is 122 cm³/mol. The van der Waals surface area contributed by atoms with E-state index in [4.69, 9.17) is 14.2 Å². The van der Waals surface area contributed by atoms with Gasteiger partial charge in [0.25, 0.3) is 0 Å². The van der Waals surface area contributed by atoms with Crippen molar-refractivity contribution in [2.45, 2.75) is 6.61 Å². The van der Waals surface area contributed by atoms with E-state index in [1.54, 1.807) is 60.7 Å². The maximum atomic E-state index is 13.6. The van der Waals surface area contributed by atoms with Gasteiger partial charge in [-0.15, -0.1) is 0 Å². The summed E-state index contributed by atoms with van der Waals surface area (Å²) in [6.07, 6.45) is 0. The van der Waals surface area contributed by atoms with Crippen molar-refractivity contribution in [3.63, 3.8) is 0 Å². The summed E-state index contributed by atoms with van der Waals surface area (Å²) in [5.41, 5.74) is 1.70. The first-order chi connectivity index (χ1) is 16.5. The average molecular weight is 460 g/mol. The Kier molecular flexibility index (Phi) is 6.68. The number of para-hydroxylation sites is 2. The van der Waals surface area contributed by atoms with Crippen LogP contribution in [0.5, 0.6) is 5.75 Å². The van der Waals surface area contributed by atoms with E-state index in [1.165, 1.54) is 31.0 Å². The number of aromatic nitrogens is 2. The molecule has 0 aliphatic heterocycles. The van der Waals surface area contributed by atoms with Gasteiger partial charge in [-0.3, -0.25) is 0 Å². The highest BCUT2D eigenvalue weighted by Gasteiger charge is 2.32. The van der Waals surface area contributed by atoms with Crippen LogP contribution in [0.1, 0.15) is 26.4 Å². The van der Waals surface area contributed by atoms with Crippen molar-refractivity contribution in [3.8, 4) is 22.7 Å². The molecule has 0 unspecified atom stereocenters. The largest absolute Gasteiger partial charge is 0.488 e. The third kappa shape index (κ3) is 4.52. The number of halogens is 1. The second kappa shape index (κ2) is 9.99. The number of ether oxygens (including phenoxy) is 3. The van der Waals surface area contributed by atoms with Crippen LogP contribution < -0.4 is 4.74 Å². The van der Waals surface area contributed by atoms with Crippen LogP contribution in [0.25, 0.3) is 16.9 Å². The number of esters is 2. The quantitative estimate of drug-likeness (QED) is 0.368. The first kappa shape index (κ1) is 22.7. The molecule has 0 saturated heterocycles. The Labute approximate surface area is 195 Å². The average Bonchev–Trinajstić information content (AvgIpc) is 3.28. The van der Waals surface area contributed by atoms with Crippen LogP contribution in [0.3, 0.4) is 0 Å². The summed E-state index contributed by atoms with van der Waals surface area (Å²) in [7, 11) is 2.45. The van der Waals surface area contributed by atoms with E-state index in [0.717, 1.165) is 0 Å². The molecule has 0 bridgehead atoms. The molecular formula is C26H21FN2O5. The number of hydrogen-bond acceptors (Lipinski definition) is 6. The highest BCUT2D eigenvalue weighted by molar-refractivity contribution is 6.07. The van der Waals surface area contributed by atoms with Gasteiger partial charge in [-0.2, -0.15) is 5.10 Å². The van der Waals surface area contributed by atoms with Crippen LogP contribution >= 0.6 is 0 Å². The first-order valence-corrected chi connectivity index (χ1v) is 10.3. The van der Waals surface area contributed by atoms with E-state index < -0.39 is 11.9 Å². The molecule has 0 atom stereocenters. The summed E-state index contributed by atoms with van der Waals surface area (Å²) in [6, 6.07) is 21.9. The minimum Gasteiger partial charge on any atom is -0.488 e. The predicted octanol–water partition coefficient (Wildman–Crippen LogP) is 4.83. The van der Waals surface area contributed by atoms with Gasteiger partial charge >= 0.3 is 11.9 Å². The lowest BCUT2D eigenvalue weighted by atomic mass is 10.0. The van der Waals surface area contributed by atoms with E-state index >= 15 is 0 Å². The lowest BCUT2D eigenvalue weighted by molar-refractivity contribution is 0.0549. The van der Waals surface area contributed by atoms with Crippen molar-refractivity contribution < 1.29 is 28.2 Å². The molecule has 7 nitrogen and oxygen atoms in total. The van der Waals surface area contributed by atoms with Crippen LogP contribution in [0.15, 0.2) is 78.9 Å². The summed E-state index contributed by atoms with van der Waals surface area (Å²) in [4.78, 5) is 25.6. The van der Waals surface area contributed by atoms with E-state index in [9.17, 15) is 14.0 Å². The molecular weight excluding hydrogens is 439 g/mol. The molecule has 172 valence electrons. The van der Waals surface area contributed by atoms with Crippen molar-refractivity contribution in [1.29, 1.82) is 0 Å². The van der Waals surface area contributed by atoms with Gasteiger partial charge in [0.1, 0.15) is 29.4 Å². The molecule has 34 heavy (non-hydrogen) atoms. The number of carbonyl (C=O) groups is 2. The third-order valence-electron chi connectivity index (χ3n) is 5.08. The van der Waals surface area contributed by atoms with E-state index in [1.807, 2.05) is 6.07 Å². The normalized spacial score (nSPS) is 10.6. The van der Waals surface area contributed by atoms with Gasteiger partial charge in [-0.05, 0) is 42.0 Å². The van der Waals surface area contributed by atoms with Gasteiger partial charge in [0.15, 0.2) is 5.69 Å². The van der Waals surface area contributed by atoms with Crippen LogP contribution in [0.2, 0.25) is 0 Å². The highest BCUT2D eigenvalue weighted by atomic mass is 19.1. The summed E-state index contributed by atoms with van der Waals surface area (Å²) >= 11 is 0. The molecule has 4 aromatic rings. The van der Waals surface area contributed by atoms with Crippen molar-refractivity contribution >= 4 is 11.9 Å². The molecule has 0 aliphatic rings. The zero-order valence-corrected chi connectivity index (χ0v) is 18.5. The molecule has 3 aromatic carbocycles. The third-order valence-corrected chi connectivity index (χ3v) is 5.08. The fourth-order valence-electron chi connectivity index (χ4n) is 3.52. The summed E-state index contributed by atoms with van der Waals surface area (Å²) in [6.45, 7) is 0.0889. The smallest absolute Gasteiger partial charge is 0.357 e. The number of carbonyl (C=O) groups excluding carboxylic acids is 2. The second-order valence-corrected chi connectivity index (χ2v) is 7.22. The van der Waals surface area contributed by atoms with Crippen LogP contribution in [0.4, 0.5) is 4.39 Å². The molecule has 0 fully saturated rings. The molecule has 1 aromatic heterocycles. The fraction of sp³-hybridized carbons (Fsp3) is 0.115. The SMILES string of the molecule is COC(=O)c1c(-c2ccccc2OCc2cccc(F)c2)nn(-c2ccccc2)c1C(=O)OC. The van der Waals surface area contributed by atoms with Gasteiger partial charge < -0.3 is 14.2 Å². The summed E-state index contributed by atoms with van der Waals surface area (Å²) in [5.74, 6) is -1.48. The topological polar surface area (TPSA) is 79.7 Å². The highest BCUT2D eigenvalue weighted by Crippen LogP contribution is 2.35. The Morgan fingerprint density at radius 1 is 0.882 bits per heavy atom. The van der Waals surface area contributed by atoms with Crippen molar-refractivity contribution in [1.82, 2.24) is 9.78 Å². The van der Waals surface area contributed by atoms with Gasteiger partial charge in [0, 0.05) is 5.56 Å². The van der Waals surface area contributed by atoms with Crippen LogP contribution in [0, 0.1) is 5.82 Å². The Morgan fingerprint density at radius 2 is 1.59 bits per heavy atom. The van der Waals surface area contributed by atoms with Crippen molar-refractivity contribution in [3.05, 3.63) is 102 Å². The van der Waals surface area contributed by atoms with Gasteiger partial charge in [-0.25, -0.2) is 18.7 Å². The van der Waals surface area contributed by atoms with Crippen molar-refractivity contribution in [2.75, 3.05) is 14.2 Å². The molecule has 0 amide bonds. The zero-order valence-electron chi connectivity index (χ0n) is 18.5. The monoisotopic (exact) mass is 460 g/mol. The molecule has 0 aliphatic carbocycles. The van der Waals surface area contributed by atoms with Gasteiger partial charge in [0.05, 0.1) is 19.9 Å². The lowest BCUT2D eigenvalue weighted by Crippen LogP contribution is -2.15. The van der Waals surface area contributed by atoms with Gasteiger partial charge in [0.2, 0.25) is 0 Å². The Hall–Kier alpha value is -4.46. The Morgan fingerprint density at radius 3 is 2.29 bits per heavy atom. The molecule has 1 heterocycles. The summed E-state index contributed by atoms with van der Waals surface area (Å²) in [5, 5.41) is 4.59. The second-order valence-electron chi connectivity index (χ2n) is 7.22. The molecule has 0 N–H and O–H groups in total. The number of hydrogen-bond donors (Lipinski definition) is 0. The molecule has 0 radical (unpaired) electrons. The maximum Gasteiger partial charge on any atom is 0.357 e. The fourth-order valence-corrected chi connectivity index (χ4v) is 3.52. The first-order valence-electron chi connectivity index (χ1n) is 10.3. The molecule has 0 saturated carbocycles. The number of rotatable bonds is 7. The number of nitrogens with zero attached hydrogens (tertiary/aromatic N) is 2. The zero-order chi connectivity index (χ0) is 24.1. The van der Waals surface area contributed by atoms with E-state index in [2.05, 4.69) is 5.10 Å². The molecule has 8 heteroatoms. The number of benzene rings is 3. The Balaban J connectivity index is 1.87. The lowest BCUT2D eigenvalue weighted by Gasteiger charge is -2.11. The Bertz CT molecular complexity index is 1330. The molecule has 0 spiro atoms. The van der Waals surface area contributed by atoms with Crippen molar-refractivity contribution in [2.24, 2.45) is 0 Å². The standard InChI is InChI=1S/C26H21FN2O5/c1-32-25(30)22-23(28-29(24(22)26(31)33-2)19-11-4-3-5-12-19)20-13-6-7-14-21(20)34-16-17-9-8-10-18(27)15-17/h3-15H,16H2,1-2H3. The minimum atomic E-state index is -0.752. The van der Waals surface area contributed by atoms with Crippen LogP contribution in [-0.4, -0.2) is 35.9 Å². The van der Waals surface area contributed by atoms with E-state index in [-0.39, 0.29) is 29.4 Å². The maximum absolute atomic E-state index is 13.6. The van der Waals surface area contributed by atoms with Crippen LogP contribution in [-0.2, 0) is 16.1 Å². The molecule has 4 rings (SSSR count). The van der Waals surface area contributed by atoms with Gasteiger partial charge in [-0.1, -0.05) is 42.5 Å². The number of methoxy groups -OCH3 is 2. The summed E-state index contributed by atoms with van der Waals surface area (Å²) < 4.78 is 30.8.